The highest BCUT2D eigenvalue weighted by Gasteiger charge is 2.48. The van der Waals surface area contributed by atoms with Crippen LogP contribution in [0.4, 0.5) is 13.2 Å². The zero-order valence-corrected chi connectivity index (χ0v) is 33.4. The molecule has 3 saturated carbocycles. The van der Waals surface area contributed by atoms with Gasteiger partial charge in [-0.1, -0.05) is 50.0 Å². The van der Waals surface area contributed by atoms with Crippen LogP contribution < -0.4 is 0 Å². The molecule has 286 valence electrons. The van der Waals surface area contributed by atoms with Crippen molar-refractivity contribution in [2.24, 2.45) is 27.7 Å². The quantitative estimate of drug-likeness (QED) is 0.103. The van der Waals surface area contributed by atoms with Crippen LogP contribution in [0.25, 0.3) is 0 Å². The molecule has 1 N–H and O–H groups in total. The van der Waals surface area contributed by atoms with Crippen LogP contribution in [0, 0.1) is 28.1 Å². The number of nitrogens with one attached hydrogen (secondary N) is 1. The first-order valence-corrected chi connectivity index (χ1v) is 22.1. The number of aliphatic imine (C=N–C) groups is 1. The third kappa shape index (κ3) is 10.2. The zero-order valence-electron chi connectivity index (χ0n) is 30.8. The number of carbonyl (C=O) groups excluding carboxylic acids is 2. The van der Waals surface area contributed by atoms with Gasteiger partial charge in [-0.25, -0.2) is 0 Å². The monoisotopic (exact) mass is 773 g/mol. The van der Waals surface area contributed by atoms with Crippen LogP contribution in [0.5, 0.6) is 0 Å². The Hall–Kier alpha value is -1.95. The number of benzene rings is 1. The highest BCUT2D eigenvalue weighted by Crippen LogP contribution is 2.57. The van der Waals surface area contributed by atoms with Crippen LogP contribution in [-0.2, 0) is 18.8 Å². The number of carbonyl (C=O) groups is 2. The summed E-state index contributed by atoms with van der Waals surface area (Å²) in [5.74, 6) is -3.02. The van der Waals surface area contributed by atoms with Crippen LogP contribution in [0.15, 0.2) is 23.2 Å². The third-order valence-corrected chi connectivity index (χ3v) is 17.4. The summed E-state index contributed by atoms with van der Waals surface area (Å²) in [5, 5.41) is 8.96. The molecule has 0 saturated heterocycles. The van der Waals surface area contributed by atoms with E-state index in [2.05, 4.69) is 25.8 Å². The van der Waals surface area contributed by atoms with Crippen molar-refractivity contribution in [1.29, 1.82) is 5.41 Å². The first-order chi connectivity index (χ1) is 24.1. The molecule has 0 aromatic heterocycles. The van der Waals surface area contributed by atoms with Crippen molar-refractivity contribution < 1.29 is 31.9 Å². The number of hydrogen-bond acceptors (Lipinski definition) is 6. The van der Waals surface area contributed by atoms with E-state index in [1.807, 2.05) is 0 Å². The molecule has 3 aliphatic carbocycles. The predicted octanol–water partition coefficient (Wildman–Crippen LogP) is 10.6. The molecule has 13 heteroatoms. The lowest BCUT2D eigenvalue weighted by molar-refractivity contribution is -0.156. The Kier molecular flexibility index (Phi) is 14.3. The standard InChI is InChI=1S/C38H56Cl2F3N3O4Si/c1-6-49-35(48)36(5)17-15-27(16-18-36)45-33(38(41,42)43)28(23-44)34(47)46(24-26-13-19-37(20-14-26)21-22-37)25-31(50-51(7-2,8-3)9-4)32-29(39)11-10-12-30(32)40/h10-12,23,26-28,31,44H,6-9,13-22,24-25H2,1-5H3. The zero-order chi connectivity index (χ0) is 37.6. The van der Waals surface area contributed by atoms with Crippen molar-refractivity contribution >= 4 is 55.3 Å². The fourth-order valence-electron chi connectivity index (χ4n) is 8.09. The number of amides is 1. The highest BCUT2D eigenvalue weighted by molar-refractivity contribution is 6.73. The van der Waals surface area contributed by atoms with E-state index in [9.17, 15) is 22.8 Å². The van der Waals surface area contributed by atoms with E-state index < -0.39 is 49.6 Å². The number of ether oxygens (including phenoxy) is 1. The second-order valence-corrected chi connectivity index (χ2v) is 20.9. The molecule has 0 radical (unpaired) electrons. The molecule has 0 heterocycles. The normalized spacial score (nSPS) is 23.8. The summed E-state index contributed by atoms with van der Waals surface area (Å²) in [6.07, 6.45) is 2.25. The van der Waals surface area contributed by atoms with Gasteiger partial charge in [0.05, 0.1) is 24.2 Å². The van der Waals surface area contributed by atoms with Gasteiger partial charge < -0.3 is 19.5 Å². The number of nitrogens with zero attached hydrogens (tertiary/aromatic N) is 2. The SMILES string of the molecule is CCOC(=O)C1(C)CCC(N=C(C(C=N)C(=O)N(CC2CCC3(CC2)CC3)CC(O[Si](CC)(CC)CC)c2c(Cl)cccc2Cl)C(F)(F)F)CC1. The second kappa shape index (κ2) is 17.5. The summed E-state index contributed by atoms with van der Waals surface area (Å²) >= 11 is 13.5. The maximum Gasteiger partial charge on any atom is 0.430 e. The van der Waals surface area contributed by atoms with Crippen molar-refractivity contribution in [3.8, 4) is 0 Å². The first-order valence-electron chi connectivity index (χ1n) is 18.8. The van der Waals surface area contributed by atoms with Crippen molar-refractivity contribution in [3.05, 3.63) is 33.8 Å². The fraction of sp³-hybridized carbons (Fsp3) is 0.737. The lowest BCUT2D eigenvalue weighted by Gasteiger charge is -2.39. The first kappa shape index (κ1) is 41.8. The molecule has 0 bridgehead atoms. The molecule has 3 fully saturated rings. The predicted molar refractivity (Wildman–Crippen MR) is 200 cm³/mol. The van der Waals surface area contributed by atoms with Gasteiger partial charge >= 0.3 is 12.1 Å². The minimum Gasteiger partial charge on any atom is -0.466 e. The smallest absolute Gasteiger partial charge is 0.430 e. The Morgan fingerprint density at radius 1 is 1.00 bits per heavy atom. The van der Waals surface area contributed by atoms with Crippen LogP contribution in [0.2, 0.25) is 28.2 Å². The number of alkyl halides is 3. The van der Waals surface area contributed by atoms with Gasteiger partial charge in [-0.05, 0) is 120 Å². The van der Waals surface area contributed by atoms with Gasteiger partial charge in [0.2, 0.25) is 5.91 Å². The van der Waals surface area contributed by atoms with Gasteiger partial charge in [0, 0.05) is 34.9 Å². The maximum atomic E-state index is 14.9. The van der Waals surface area contributed by atoms with Gasteiger partial charge in [0.15, 0.2) is 8.32 Å². The molecular weight excluding hydrogens is 718 g/mol. The Bertz CT molecular complexity index is 1370. The average molecular weight is 775 g/mol. The van der Waals surface area contributed by atoms with Gasteiger partial charge in [0.1, 0.15) is 11.6 Å². The minimum atomic E-state index is -4.95. The van der Waals surface area contributed by atoms with E-state index in [-0.39, 0.29) is 44.4 Å². The second-order valence-electron chi connectivity index (χ2n) is 15.3. The van der Waals surface area contributed by atoms with Crippen LogP contribution in [0.3, 0.4) is 0 Å². The van der Waals surface area contributed by atoms with Crippen molar-refractivity contribution in [3.63, 3.8) is 0 Å². The minimum absolute atomic E-state index is 0.0462. The maximum absolute atomic E-state index is 14.9. The molecule has 0 aliphatic heterocycles. The van der Waals surface area contributed by atoms with Gasteiger partial charge in [-0.3, -0.25) is 14.6 Å². The van der Waals surface area contributed by atoms with E-state index in [1.165, 1.54) is 17.7 Å². The van der Waals surface area contributed by atoms with E-state index in [1.54, 1.807) is 32.0 Å². The molecule has 1 aromatic carbocycles. The molecule has 7 nitrogen and oxygen atoms in total. The number of rotatable bonds is 16. The van der Waals surface area contributed by atoms with Crippen molar-refractivity contribution in [1.82, 2.24) is 4.90 Å². The largest absolute Gasteiger partial charge is 0.466 e. The summed E-state index contributed by atoms with van der Waals surface area (Å²) in [4.78, 5) is 32.8. The third-order valence-electron chi connectivity index (χ3n) is 12.1. The molecular formula is C38H56Cl2F3N3O4Si. The average Bonchev–Trinajstić information content (AvgIpc) is 3.86. The number of halogens is 5. The van der Waals surface area contributed by atoms with Crippen LogP contribution in [0.1, 0.15) is 110 Å². The molecule has 1 spiro atoms. The number of esters is 1. The van der Waals surface area contributed by atoms with Gasteiger partial charge in [0.25, 0.3) is 0 Å². The summed E-state index contributed by atoms with van der Waals surface area (Å²) in [5.41, 5.74) is -1.15. The Morgan fingerprint density at radius 2 is 1.57 bits per heavy atom. The molecule has 2 atom stereocenters. The summed E-state index contributed by atoms with van der Waals surface area (Å²) in [7, 11) is -2.35. The fourth-order valence-corrected chi connectivity index (χ4v) is 11.5. The van der Waals surface area contributed by atoms with Crippen molar-refractivity contribution in [2.45, 2.75) is 135 Å². The van der Waals surface area contributed by atoms with Gasteiger partial charge in [-0.2, -0.15) is 13.2 Å². The molecule has 3 aliphatic rings. The molecule has 1 amide bonds. The highest BCUT2D eigenvalue weighted by atomic mass is 35.5. The van der Waals surface area contributed by atoms with E-state index in [0.717, 1.165) is 43.8 Å². The topological polar surface area (TPSA) is 92.0 Å². The molecule has 2 unspecified atom stereocenters. The summed E-state index contributed by atoms with van der Waals surface area (Å²) in [6, 6.07) is 6.82. The Balaban J connectivity index is 1.70. The molecule has 4 rings (SSSR count). The van der Waals surface area contributed by atoms with Gasteiger partial charge in [-0.15, -0.1) is 0 Å². The lowest BCUT2D eigenvalue weighted by atomic mass is 9.74. The summed E-state index contributed by atoms with van der Waals surface area (Å²) in [6.45, 7) is 10.2. The van der Waals surface area contributed by atoms with Crippen molar-refractivity contribution in [2.75, 3.05) is 19.7 Å². The van der Waals surface area contributed by atoms with E-state index in [4.69, 9.17) is 37.8 Å². The van der Waals surface area contributed by atoms with E-state index in [0.29, 0.717) is 40.1 Å². The van der Waals surface area contributed by atoms with Crippen LogP contribution >= 0.6 is 23.2 Å². The van der Waals surface area contributed by atoms with Crippen LogP contribution in [-0.4, -0.2) is 68.9 Å². The number of hydrogen-bond donors (Lipinski definition) is 1. The molecule has 1 aromatic rings. The Labute approximate surface area is 313 Å². The Morgan fingerprint density at radius 3 is 2.04 bits per heavy atom. The molecule has 51 heavy (non-hydrogen) atoms. The summed E-state index contributed by atoms with van der Waals surface area (Å²) < 4.78 is 57.0. The van der Waals surface area contributed by atoms with E-state index >= 15 is 0 Å². The lowest BCUT2D eigenvalue weighted by Crippen LogP contribution is -2.49.